The zero-order chi connectivity index (χ0) is 13.9. The molecular formula is C15H19NO4. The van der Waals surface area contributed by atoms with Crippen molar-refractivity contribution >= 4 is 5.91 Å². The van der Waals surface area contributed by atoms with E-state index in [1.807, 2.05) is 6.92 Å². The highest BCUT2D eigenvalue weighted by Gasteiger charge is 2.24. The van der Waals surface area contributed by atoms with E-state index in [1.54, 1.807) is 18.2 Å². The highest BCUT2D eigenvalue weighted by atomic mass is 16.6. The molecule has 2 heterocycles. The van der Waals surface area contributed by atoms with Crippen molar-refractivity contribution in [2.45, 2.75) is 31.9 Å². The SMILES string of the molecule is C[C@H](NC(=O)c1ccc2c(c1)OCCO2)[C@H]1CCCO1. The number of carbonyl (C=O) groups is 1. The first-order valence-electron chi connectivity index (χ1n) is 7.06. The molecule has 5 heteroatoms. The second kappa shape index (κ2) is 5.71. The molecule has 1 amide bonds. The Kier molecular flexibility index (Phi) is 3.78. The van der Waals surface area contributed by atoms with Gasteiger partial charge in [-0.15, -0.1) is 0 Å². The predicted octanol–water partition coefficient (Wildman–Crippen LogP) is 1.76. The van der Waals surface area contributed by atoms with Gasteiger partial charge in [-0.05, 0) is 38.0 Å². The average Bonchev–Trinajstić information content (AvgIpc) is 3.01. The molecule has 20 heavy (non-hydrogen) atoms. The van der Waals surface area contributed by atoms with Crippen LogP contribution >= 0.6 is 0 Å². The van der Waals surface area contributed by atoms with E-state index in [0.717, 1.165) is 19.4 Å². The van der Waals surface area contributed by atoms with Gasteiger partial charge in [0.05, 0.1) is 12.1 Å². The van der Waals surface area contributed by atoms with Crippen molar-refractivity contribution in [3.8, 4) is 11.5 Å². The zero-order valence-corrected chi connectivity index (χ0v) is 11.6. The Labute approximate surface area is 118 Å². The Morgan fingerprint density at radius 1 is 1.25 bits per heavy atom. The largest absolute Gasteiger partial charge is 0.486 e. The Hall–Kier alpha value is -1.75. The summed E-state index contributed by atoms with van der Waals surface area (Å²) in [5, 5.41) is 2.98. The maximum Gasteiger partial charge on any atom is 0.251 e. The van der Waals surface area contributed by atoms with E-state index in [9.17, 15) is 4.79 Å². The molecule has 0 saturated carbocycles. The summed E-state index contributed by atoms with van der Waals surface area (Å²) < 4.78 is 16.5. The monoisotopic (exact) mass is 277 g/mol. The Morgan fingerprint density at radius 2 is 2.05 bits per heavy atom. The second-order valence-electron chi connectivity index (χ2n) is 5.17. The van der Waals surface area contributed by atoms with Crippen LogP contribution in [0, 0.1) is 0 Å². The van der Waals surface area contributed by atoms with Gasteiger partial charge in [-0.2, -0.15) is 0 Å². The summed E-state index contributed by atoms with van der Waals surface area (Å²) >= 11 is 0. The van der Waals surface area contributed by atoms with Crippen LogP contribution in [0.3, 0.4) is 0 Å². The lowest BCUT2D eigenvalue weighted by Crippen LogP contribution is -2.40. The van der Waals surface area contributed by atoms with Crippen LogP contribution in [-0.2, 0) is 4.74 Å². The molecular weight excluding hydrogens is 258 g/mol. The summed E-state index contributed by atoms with van der Waals surface area (Å²) in [6, 6.07) is 5.27. The molecule has 2 aliphatic heterocycles. The van der Waals surface area contributed by atoms with E-state index in [0.29, 0.717) is 30.3 Å². The van der Waals surface area contributed by atoms with E-state index in [1.165, 1.54) is 0 Å². The molecule has 5 nitrogen and oxygen atoms in total. The number of hydrogen-bond acceptors (Lipinski definition) is 4. The highest BCUT2D eigenvalue weighted by molar-refractivity contribution is 5.95. The fourth-order valence-corrected chi connectivity index (χ4v) is 2.56. The van der Waals surface area contributed by atoms with Gasteiger partial charge >= 0.3 is 0 Å². The van der Waals surface area contributed by atoms with Crippen molar-refractivity contribution in [1.82, 2.24) is 5.32 Å². The van der Waals surface area contributed by atoms with Crippen LogP contribution in [0.4, 0.5) is 0 Å². The summed E-state index contributed by atoms with van der Waals surface area (Å²) in [4.78, 5) is 12.2. The minimum absolute atomic E-state index is 0.0122. The number of nitrogens with one attached hydrogen (secondary N) is 1. The van der Waals surface area contributed by atoms with Gasteiger partial charge in [0.2, 0.25) is 0 Å². The number of rotatable bonds is 3. The number of ether oxygens (including phenoxy) is 3. The third-order valence-corrected chi connectivity index (χ3v) is 3.69. The minimum Gasteiger partial charge on any atom is -0.486 e. The molecule has 1 saturated heterocycles. The third-order valence-electron chi connectivity index (χ3n) is 3.69. The number of benzene rings is 1. The topological polar surface area (TPSA) is 56.8 Å². The van der Waals surface area contributed by atoms with Gasteiger partial charge in [0, 0.05) is 12.2 Å². The minimum atomic E-state index is -0.107. The average molecular weight is 277 g/mol. The molecule has 1 N–H and O–H groups in total. The lowest BCUT2D eigenvalue weighted by atomic mass is 10.1. The van der Waals surface area contributed by atoms with Crippen LogP contribution in [0.25, 0.3) is 0 Å². The fraction of sp³-hybridized carbons (Fsp3) is 0.533. The molecule has 0 aromatic heterocycles. The molecule has 0 spiro atoms. The van der Waals surface area contributed by atoms with Crippen LogP contribution in [0.1, 0.15) is 30.1 Å². The number of amides is 1. The first-order valence-corrected chi connectivity index (χ1v) is 7.06. The first-order chi connectivity index (χ1) is 9.74. The number of fused-ring (bicyclic) bond motifs is 1. The summed E-state index contributed by atoms with van der Waals surface area (Å²) in [6.07, 6.45) is 2.19. The smallest absolute Gasteiger partial charge is 0.251 e. The van der Waals surface area contributed by atoms with Gasteiger partial charge < -0.3 is 19.5 Å². The van der Waals surface area contributed by atoms with Crippen molar-refractivity contribution in [3.63, 3.8) is 0 Å². The Balaban J connectivity index is 1.67. The first kappa shape index (κ1) is 13.2. The molecule has 0 unspecified atom stereocenters. The van der Waals surface area contributed by atoms with Gasteiger partial charge in [-0.1, -0.05) is 0 Å². The van der Waals surface area contributed by atoms with Gasteiger partial charge in [0.25, 0.3) is 5.91 Å². The van der Waals surface area contributed by atoms with Crippen LogP contribution in [0.5, 0.6) is 11.5 Å². The molecule has 1 aromatic rings. The van der Waals surface area contributed by atoms with E-state index in [4.69, 9.17) is 14.2 Å². The standard InChI is InChI=1S/C15H19NO4/c1-10(12-3-2-6-18-12)16-15(17)11-4-5-13-14(9-11)20-8-7-19-13/h4-5,9-10,12H,2-3,6-8H2,1H3,(H,16,17)/t10-,12+/m0/s1. The summed E-state index contributed by atoms with van der Waals surface area (Å²) in [7, 11) is 0. The quantitative estimate of drug-likeness (QED) is 0.914. The molecule has 1 fully saturated rings. The normalized spacial score (nSPS) is 22.4. The van der Waals surface area contributed by atoms with Crippen molar-refractivity contribution in [2.75, 3.05) is 19.8 Å². The van der Waals surface area contributed by atoms with E-state index in [-0.39, 0.29) is 18.1 Å². The van der Waals surface area contributed by atoms with Crippen molar-refractivity contribution in [2.24, 2.45) is 0 Å². The van der Waals surface area contributed by atoms with Crippen molar-refractivity contribution < 1.29 is 19.0 Å². The predicted molar refractivity (Wildman–Crippen MR) is 73.3 cm³/mol. The van der Waals surface area contributed by atoms with Gasteiger partial charge in [0.1, 0.15) is 13.2 Å². The zero-order valence-electron chi connectivity index (χ0n) is 11.6. The highest BCUT2D eigenvalue weighted by Crippen LogP contribution is 2.30. The molecule has 0 bridgehead atoms. The van der Waals surface area contributed by atoms with Gasteiger partial charge in [-0.25, -0.2) is 0 Å². The van der Waals surface area contributed by atoms with Gasteiger partial charge in [0.15, 0.2) is 11.5 Å². The maximum absolute atomic E-state index is 12.2. The van der Waals surface area contributed by atoms with Crippen LogP contribution < -0.4 is 14.8 Å². The molecule has 1 aromatic carbocycles. The van der Waals surface area contributed by atoms with Crippen molar-refractivity contribution in [1.29, 1.82) is 0 Å². The molecule has 3 rings (SSSR count). The number of hydrogen-bond donors (Lipinski definition) is 1. The summed E-state index contributed by atoms with van der Waals surface area (Å²) in [6.45, 7) is 3.83. The molecule has 0 aliphatic carbocycles. The lowest BCUT2D eigenvalue weighted by Gasteiger charge is -2.21. The van der Waals surface area contributed by atoms with E-state index in [2.05, 4.69) is 5.32 Å². The van der Waals surface area contributed by atoms with Crippen LogP contribution in [0.15, 0.2) is 18.2 Å². The van der Waals surface area contributed by atoms with E-state index >= 15 is 0 Å². The van der Waals surface area contributed by atoms with Crippen LogP contribution in [-0.4, -0.2) is 37.9 Å². The molecule has 108 valence electrons. The van der Waals surface area contributed by atoms with Crippen LogP contribution in [0.2, 0.25) is 0 Å². The Morgan fingerprint density at radius 3 is 2.80 bits per heavy atom. The fourth-order valence-electron chi connectivity index (χ4n) is 2.56. The maximum atomic E-state index is 12.2. The third kappa shape index (κ3) is 2.72. The number of carbonyl (C=O) groups excluding carboxylic acids is 1. The van der Waals surface area contributed by atoms with Crippen molar-refractivity contribution in [3.05, 3.63) is 23.8 Å². The Bertz CT molecular complexity index is 497. The molecule has 2 atom stereocenters. The summed E-state index contributed by atoms with van der Waals surface area (Å²) in [5.41, 5.74) is 0.582. The summed E-state index contributed by atoms with van der Waals surface area (Å²) in [5.74, 6) is 1.22. The van der Waals surface area contributed by atoms with E-state index < -0.39 is 0 Å². The molecule has 0 radical (unpaired) electrons. The lowest BCUT2D eigenvalue weighted by molar-refractivity contribution is 0.0712. The molecule has 2 aliphatic rings. The second-order valence-corrected chi connectivity index (χ2v) is 5.17. The van der Waals surface area contributed by atoms with Gasteiger partial charge in [-0.3, -0.25) is 4.79 Å².